The van der Waals surface area contributed by atoms with E-state index in [9.17, 15) is 9.59 Å². The number of hydrogen-bond donors (Lipinski definition) is 3. The summed E-state index contributed by atoms with van der Waals surface area (Å²) in [5.41, 5.74) is 2.07. The van der Waals surface area contributed by atoms with E-state index in [4.69, 9.17) is 0 Å². The van der Waals surface area contributed by atoms with Crippen LogP contribution in [0.5, 0.6) is 0 Å². The van der Waals surface area contributed by atoms with Crippen LogP contribution in [0.2, 0.25) is 0 Å². The summed E-state index contributed by atoms with van der Waals surface area (Å²) in [4.78, 5) is 26.8. The quantitative estimate of drug-likeness (QED) is 0.646. The second-order valence-corrected chi connectivity index (χ2v) is 7.70. The van der Waals surface area contributed by atoms with Crippen LogP contribution in [-0.2, 0) is 16.0 Å². The fraction of sp³-hybridized carbons (Fsp3) is 0.619. The van der Waals surface area contributed by atoms with Gasteiger partial charge in [-0.05, 0) is 62.7 Å². The molecule has 2 heterocycles. The van der Waals surface area contributed by atoms with E-state index < -0.39 is 0 Å². The van der Waals surface area contributed by atoms with Gasteiger partial charge in [0.2, 0.25) is 11.8 Å². The molecule has 0 aromatic heterocycles. The maximum atomic E-state index is 12.5. The first kappa shape index (κ1) is 22.7. The Hall–Kier alpha value is -1.63. The van der Waals surface area contributed by atoms with Crippen molar-refractivity contribution in [2.75, 3.05) is 38.0 Å². The number of hydrogen-bond acceptors (Lipinski definition) is 4. The molecule has 7 heteroatoms. The first-order valence-corrected chi connectivity index (χ1v) is 10.3. The van der Waals surface area contributed by atoms with Gasteiger partial charge in [-0.1, -0.05) is 25.1 Å². The van der Waals surface area contributed by atoms with Crippen LogP contribution in [0.25, 0.3) is 0 Å². The molecule has 1 aromatic carbocycles. The summed E-state index contributed by atoms with van der Waals surface area (Å²) in [5, 5.41) is 9.38. The molecule has 0 bridgehead atoms. The van der Waals surface area contributed by atoms with Crippen molar-refractivity contribution in [2.45, 2.75) is 45.1 Å². The minimum Gasteiger partial charge on any atom is -0.354 e. The van der Waals surface area contributed by atoms with Crippen molar-refractivity contribution in [1.29, 1.82) is 0 Å². The Morgan fingerprint density at radius 2 is 2.04 bits per heavy atom. The van der Waals surface area contributed by atoms with E-state index in [-0.39, 0.29) is 30.3 Å². The lowest BCUT2D eigenvalue weighted by Crippen LogP contribution is -2.46. The van der Waals surface area contributed by atoms with E-state index >= 15 is 0 Å². The Bertz CT molecular complexity index is 649. The highest BCUT2D eigenvalue weighted by Gasteiger charge is 2.25. The maximum absolute atomic E-state index is 12.5. The van der Waals surface area contributed by atoms with E-state index in [1.165, 1.54) is 0 Å². The zero-order valence-corrected chi connectivity index (χ0v) is 17.5. The first-order valence-electron chi connectivity index (χ1n) is 10.3. The second kappa shape index (κ2) is 11.4. The molecule has 3 N–H and O–H groups in total. The molecule has 0 radical (unpaired) electrons. The summed E-state index contributed by atoms with van der Waals surface area (Å²) in [6.45, 7) is 5.94. The lowest BCUT2D eigenvalue weighted by atomic mass is 9.97. The third-order valence-electron chi connectivity index (χ3n) is 5.58. The number of amides is 2. The molecule has 2 unspecified atom stereocenters. The van der Waals surface area contributed by atoms with Crippen LogP contribution >= 0.6 is 12.4 Å². The van der Waals surface area contributed by atoms with E-state index in [0.29, 0.717) is 19.0 Å². The molecule has 2 amide bonds. The van der Waals surface area contributed by atoms with Crippen molar-refractivity contribution in [1.82, 2.24) is 15.5 Å². The lowest BCUT2D eigenvalue weighted by Gasteiger charge is -2.32. The van der Waals surface area contributed by atoms with E-state index in [0.717, 1.165) is 63.0 Å². The summed E-state index contributed by atoms with van der Waals surface area (Å²) in [6, 6.07) is 7.94. The van der Waals surface area contributed by atoms with E-state index in [1.54, 1.807) is 0 Å². The zero-order valence-electron chi connectivity index (χ0n) is 16.7. The molecule has 6 nitrogen and oxygen atoms in total. The molecule has 1 aromatic rings. The molecule has 2 fully saturated rings. The van der Waals surface area contributed by atoms with Gasteiger partial charge in [0.15, 0.2) is 0 Å². The van der Waals surface area contributed by atoms with Gasteiger partial charge in [-0.25, -0.2) is 0 Å². The number of halogens is 1. The highest BCUT2D eigenvalue weighted by molar-refractivity contribution is 5.93. The third kappa shape index (κ3) is 6.47. The topological polar surface area (TPSA) is 73.5 Å². The van der Waals surface area contributed by atoms with Gasteiger partial charge in [-0.2, -0.15) is 0 Å². The van der Waals surface area contributed by atoms with Gasteiger partial charge in [0, 0.05) is 18.8 Å². The Kier molecular flexibility index (Phi) is 9.22. The Balaban J connectivity index is 0.00000280. The van der Waals surface area contributed by atoms with Crippen molar-refractivity contribution in [3.63, 3.8) is 0 Å². The summed E-state index contributed by atoms with van der Waals surface area (Å²) >= 11 is 0. The number of para-hydroxylation sites is 1. The molecule has 0 spiro atoms. The molecule has 28 heavy (non-hydrogen) atoms. The minimum atomic E-state index is -0.0193. The number of aryl methyl sites for hydroxylation is 1. The van der Waals surface area contributed by atoms with Crippen molar-refractivity contribution >= 4 is 29.9 Å². The van der Waals surface area contributed by atoms with Crippen LogP contribution in [0.1, 0.15) is 38.2 Å². The maximum Gasteiger partial charge on any atom is 0.238 e. The van der Waals surface area contributed by atoms with Gasteiger partial charge in [0.25, 0.3) is 0 Å². The lowest BCUT2D eigenvalue weighted by molar-refractivity contribution is -0.123. The number of nitrogens with zero attached hydrogens (tertiary/aromatic N) is 1. The number of benzene rings is 1. The predicted octanol–water partition coefficient (Wildman–Crippen LogP) is 2.19. The van der Waals surface area contributed by atoms with Gasteiger partial charge in [0.05, 0.1) is 12.6 Å². The molecule has 156 valence electrons. The highest BCUT2D eigenvalue weighted by Crippen LogP contribution is 2.18. The molecule has 3 rings (SSSR count). The molecular formula is C21H33ClN4O2. The Morgan fingerprint density at radius 3 is 2.79 bits per heavy atom. The molecule has 2 saturated heterocycles. The monoisotopic (exact) mass is 408 g/mol. The van der Waals surface area contributed by atoms with Gasteiger partial charge in [-0.3, -0.25) is 14.5 Å². The van der Waals surface area contributed by atoms with Gasteiger partial charge in [-0.15, -0.1) is 12.4 Å². The number of carbonyl (C=O) groups excluding carboxylic acids is 2. The van der Waals surface area contributed by atoms with Crippen molar-refractivity contribution in [3.05, 3.63) is 29.8 Å². The predicted molar refractivity (Wildman–Crippen MR) is 115 cm³/mol. The number of rotatable bonds is 7. The number of likely N-dealkylation sites (tertiary alicyclic amines) is 1. The molecule has 0 saturated carbocycles. The summed E-state index contributed by atoms with van der Waals surface area (Å²) in [5.74, 6) is 0.578. The van der Waals surface area contributed by atoms with Gasteiger partial charge < -0.3 is 16.0 Å². The standard InChI is InChI=1S/C21H32N4O2.ClH/c1-2-17-8-3-4-9-18(17)24-20(26)15-25-12-6-7-16(14-25)13-23-21(27)19-10-5-11-22-19;/h3-4,8-9,16,19,22H,2,5-7,10-15H2,1H3,(H,23,27)(H,24,26);1H. The number of carbonyl (C=O) groups is 2. The van der Waals surface area contributed by atoms with E-state index in [1.807, 2.05) is 18.2 Å². The number of piperidine rings is 1. The van der Waals surface area contributed by atoms with Crippen LogP contribution in [-0.4, -0.2) is 55.5 Å². The zero-order chi connectivity index (χ0) is 19.1. The molecule has 2 aliphatic heterocycles. The fourth-order valence-corrected chi connectivity index (χ4v) is 4.08. The normalized spacial score (nSPS) is 22.3. The summed E-state index contributed by atoms with van der Waals surface area (Å²) < 4.78 is 0. The molecule has 2 atom stereocenters. The van der Waals surface area contributed by atoms with E-state index in [2.05, 4.69) is 33.8 Å². The van der Waals surface area contributed by atoms with Gasteiger partial charge in [0.1, 0.15) is 0 Å². The number of anilines is 1. The molecule has 2 aliphatic rings. The smallest absolute Gasteiger partial charge is 0.238 e. The molecular weight excluding hydrogens is 376 g/mol. The summed E-state index contributed by atoms with van der Waals surface area (Å²) in [7, 11) is 0. The van der Waals surface area contributed by atoms with Crippen molar-refractivity contribution in [3.8, 4) is 0 Å². The SMILES string of the molecule is CCc1ccccc1NC(=O)CN1CCCC(CNC(=O)C2CCCN2)C1.Cl. The van der Waals surface area contributed by atoms with Crippen LogP contribution in [0, 0.1) is 5.92 Å². The first-order chi connectivity index (χ1) is 13.2. The second-order valence-electron chi connectivity index (χ2n) is 7.70. The van der Waals surface area contributed by atoms with Crippen LogP contribution in [0.4, 0.5) is 5.69 Å². The Morgan fingerprint density at radius 1 is 1.21 bits per heavy atom. The van der Waals surface area contributed by atoms with Crippen molar-refractivity contribution in [2.24, 2.45) is 5.92 Å². The molecule has 0 aliphatic carbocycles. The summed E-state index contributed by atoms with van der Waals surface area (Å²) in [6.07, 6.45) is 5.08. The average Bonchev–Trinajstić information content (AvgIpc) is 3.22. The highest BCUT2D eigenvalue weighted by atomic mass is 35.5. The number of nitrogens with one attached hydrogen (secondary N) is 3. The Labute approximate surface area is 174 Å². The third-order valence-corrected chi connectivity index (χ3v) is 5.58. The largest absolute Gasteiger partial charge is 0.354 e. The van der Waals surface area contributed by atoms with Crippen LogP contribution < -0.4 is 16.0 Å². The minimum absolute atomic E-state index is 0. The van der Waals surface area contributed by atoms with Crippen molar-refractivity contribution < 1.29 is 9.59 Å². The van der Waals surface area contributed by atoms with Gasteiger partial charge >= 0.3 is 0 Å². The fourth-order valence-electron chi connectivity index (χ4n) is 4.08. The average molecular weight is 409 g/mol. The van der Waals surface area contributed by atoms with Crippen LogP contribution in [0.15, 0.2) is 24.3 Å². The van der Waals surface area contributed by atoms with Crippen LogP contribution in [0.3, 0.4) is 0 Å².